The van der Waals surface area contributed by atoms with E-state index in [1.165, 1.54) is 18.5 Å². The van der Waals surface area contributed by atoms with Crippen LogP contribution in [0.3, 0.4) is 0 Å². The van der Waals surface area contributed by atoms with Crippen molar-refractivity contribution in [3.05, 3.63) is 36.7 Å². The fourth-order valence-electron chi connectivity index (χ4n) is 2.62. The number of nitrogens with zero attached hydrogens (tertiary/aromatic N) is 4. The van der Waals surface area contributed by atoms with Crippen molar-refractivity contribution >= 4 is 11.6 Å². The van der Waals surface area contributed by atoms with Crippen molar-refractivity contribution in [2.75, 3.05) is 23.3 Å². The molecule has 5 nitrogen and oxygen atoms in total. The lowest BCUT2D eigenvalue weighted by Crippen LogP contribution is -2.43. The Balaban J connectivity index is 1.67. The minimum atomic E-state index is 0.466. The molecule has 19 heavy (non-hydrogen) atoms. The summed E-state index contributed by atoms with van der Waals surface area (Å²) >= 11 is 0. The first-order chi connectivity index (χ1) is 9.33. The van der Waals surface area contributed by atoms with Gasteiger partial charge in [-0.25, -0.2) is 4.68 Å². The Morgan fingerprint density at radius 2 is 2.11 bits per heavy atom. The lowest BCUT2D eigenvalue weighted by atomic mass is 10.1. The molecule has 3 rings (SSSR count). The molecule has 1 N–H and O–H groups in total. The Bertz CT molecular complexity index is 522. The standard InChI is InChI=1S/C14H19N5/c1-18-14(15-11-16-18)19-9-5-8-13(10-19)17-12-6-3-2-4-7-12/h2-4,6-7,11,13,17H,5,8-10H2,1H3. The normalized spacial score (nSPS) is 19.4. The zero-order valence-corrected chi connectivity index (χ0v) is 11.2. The molecule has 1 aromatic heterocycles. The molecule has 1 aromatic carbocycles. The molecule has 1 unspecified atom stereocenters. The van der Waals surface area contributed by atoms with Crippen LogP contribution in [0.2, 0.25) is 0 Å². The van der Waals surface area contributed by atoms with E-state index in [2.05, 4.69) is 44.6 Å². The van der Waals surface area contributed by atoms with Gasteiger partial charge in [-0.1, -0.05) is 18.2 Å². The third-order valence-electron chi connectivity index (χ3n) is 3.54. The number of anilines is 2. The second kappa shape index (κ2) is 5.30. The molecule has 0 amide bonds. The Morgan fingerprint density at radius 3 is 2.84 bits per heavy atom. The predicted octanol–water partition coefficient (Wildman–Crippen LogP) is 1.90. The molecule has 2 aromatic rings. The zero-order chi connectivity index (χ0) is 13.1. The maximum absolute atomic E-state index is 4.33. The molecule has 1 saturated heterocycles. The van der Waals surface area contributed by atoms with Crippen molar-refractivity contribution in [2.24, 2.45) is 7.05 Å². The largest absolute Gasteiger partial charge is 0.381 e. The average molecular weight is 257 g/mol. The first-order valence-corrected chi connectivity index (χ1v) is 6.73. The summed E-state index contributed by atoms with van der Waals surface area (Å²) in [6.07, 6.45) is 3.99. The number of nitrogens with one attached hydrogen (secondary N) is 1. The van der Waals surface area contributed by atoms with E-state index in [0.717, 1.165) is 19.0 Å². The highest BCUT2D eigenvalue weighted by Gasteiger charge is 2.22. The molecule has 0 spiro atoms. The van der Waals surface area contributed by atoms with Gasteiger partial charge in [-0.3, -0.25) is 0 Å². The summed E-state index contributed by atoms with van der Waals surface area (Å²) in [7, 11) is 1.94. The van der Waals surface area contributed by atoms with E-state index < -0.39 is 0 Å². The molecule has 1 fully saturated rings. The number of para-hydroxylation sites is 1. The molecule has 1 aliphatic rings. The first kappa shape index (κ1) is 12.0. The van der Waals surface area contributed by atoms with Gasteiger partial charge in [0.15, 0.2) is 0 Å². The minimum Gasteiger partial charge on any atom is -0.381 e. The van der Waals surface area contributed by atoms with Crippen LogP contribution in [-0.4, -0.2) is 33.9 Å². The number of hydrogen-bond acceptors (Lipinski definition) is 4. The molecule has 0 bridgehead atoms. The number of aromatic nitrogens is 3. The number of hydrogen-bond donors (Lipinski definition) is 1. The van der Waals surface area contributed by atoms with E-state index in [0.29, 0.717) is 6.04 Å². The van der Waals surface area contributed by atoms with E-state index in [9.17, 15) is 0 Å². The Labute approximate surface area is 113 Å². The van der Waals surface area contributed by atoms with Crippen molar-refractivity contribution in [1.82, 2.24) is 14.8 Å². The highest BCUT2D eigenvalue weighted by atomic mass is 15.4. The number of piperidine rings is 1. The van der Waals surface area contributed by atoms with Crippen molar-refractivity contribution in [3.8, 4) is 0 Å². The van der Waals surface area contributed by atoms with Crippen LogP contribution >= 0.6 is 0 Å². The number of rotatable bonds is 3. The van der Waals surface area contributed by atoms with Gasteiger partial charge in [0.25, 0.3) is 0 Å². The topological polar surface area (TPSA) is 46.0 Å². The van der Waals surface area contributed by atoms with E-state index in [-0.39, 0.29) is 0 Å². The molecule has 2 heterocycles. The minimum absolute atomic E-state index is 0.466. The second-order valence-electron chi connectivity index (χ2n) is 4.98. The molecular weight excluding hydrogens is 238 g/mol. The fraction of sp³-hybridized carbons (Fsp3) is 0.429. The summed E-state index contributed by atoms with van der Waals surface area (Å²) in [6.45, 7) is 2.03. The third-order valence-corrected chi connectivity index (χ3v) is 3.54. The van der Waals surface area contributed by atoms with Crippen LogP contribution in [-0.2, 0) is 7.05 Å². The van der Waals surface area contributed by atoms with Crippen LogP contribution in [0, 0.1) is 0 Å². The summed E-state index contributed by atoms with van der Waals surface area (Å²) < 4.78 is 1.84. The molecule has 5 heteroatoms. The molecule has 0 aliphatic carbocycles. The van der Waals surface area contributed by atoms with E-state index in [4.69, 9.17) is 0 Å². The van der Waals surface area contributed by atoms with Crippen molar-refractivity contribution < 1.29 is 0 Å². The van der Waals surface area contributed by atoms with Gasteiger partial charge in [-0.15, -0.1) is 0 Å². The summed E-state index contributed by atoms with van der Waals surface area (Å²) in [5, 5.41) is 7.74. The van der Waals surface area contributed by atoms with Gasteiger partial charge in [0, 0.05) is 31.9 Å². The Kier molecular flexibility index (Phi) is 3.35. The van der Waals surface area contributed by atoms with Crippen LogP contribution in [0.4, 0.5) is 11.6 Å². The predicted molar refractivity (Wildman–Crippen MR) is 76.3 cm³/mol. The lowest BCUT2D eigenvalue weighted by Gasteiger charge is -2.33. The van der Waals surface area contributed by atoms with Gasteiger partial charge in [-0.05, 0) is 25.0 Å². The molecule has 100 valence electrons. The third kappa shape index (κ3) is 2.70. The number of aryl methyl sites for hydroxylation is 1. The van der Waals surface area contributed by atoms with Gasteiger partial charge in [-0.2, -0.15) is 10.1 Å². The van der Waals surface area contributed by atoms with E-state index in [1.807, 2.05) is 17.8 Å². The van der Waals surface area contributed by atoms with Gasteiger partial charge < -0.3 is 10.2 Å². The maximum atomic E-state index is 4.33. The second-order valence-corrected chi connectivity index (χ2v) is 4.98. The van der Waals surface area contributed by atoms with Crippen molar-refractivity contribution in [1.29, 1.82) is 0 Å². The van der Waals surface area contributed by atoms with Crippen molar-refractivity contribution in [3.63, 3.8) is 0 Å². The highest BCUT2D eigenvalue weighted by molar-refractivity contribution is 5.44. The monoisotopic (exact) mass is 257 g/mol. The van der Waals surface area contributed by atoms with Crippen LogP contribution < -0.4 is 10.2 Å². The molecule has 0 saturated carbocycles. The SMILES string of the molecule is Cn1ncnc1N1CCCC(Nc2ccccc2)C1. The highest BCUT2D eigenvalue weighted by Crippen LogP contribution is 2.19. The smallest absolute Gasteiger partial charge is 0.223 e. The summed E-state index contributed by atoms with van der Waals surface area (Å²) in [5.74, 6) is 0.958. The van der Waals surface area contributed by atoms with Crippen LogP contribution in [0.25, 0.3) is 0 Å². The summed E-state index contributed by atoms with van der Waals surface area (Å²) in [6, 6.07) is 10.9. The van der Waals surface area contributed by atoms with Crippen LogP contribution in [0.15, 0.2) is 36.7 Å². The molecule has 1 aliphatic heterocycles. The Hall–Kier alpha value is -2.04. The first-order valence-electron chi connectivity index (χ1n) is 6.73. The van der Waals surface area contributed by atoms with E-state index >= 15 is 0 Å². The van der Waals surface area contributed by atoms with Crippen LogP contribution in [0.1, 0.15) is 12.8 Å². The average Bonchev–Trinajstić information content (AvgIpc) is 2.86. The lowest BCUT2D eigenvalue weighted by molar-refractivity contribution is 0.515. The quantitative estimate of drug-likeness (QED) is 0.912. The zero-order valence-electron chi connectivity index (χ0n) is 11.2. The van der Waals surface area contributed by atoms with Gasteiger partial charge >= 0.3 is 0 Å². The van der Waals surface area contributed by atoms with Crippen molar-refractivity contribution in [2.45, 2.75) is 18.9 Å². The van der Waals surface area contributed by atoms with Gasteiger partial charge in [0.1, 0.15) is 6.33 Å². The number of benzene rings is 1. The summed E-state index contributed by atoms with van der Waals surface area (Å²) in [4.78, 5) is 6.63. The van der Waals surface area contributed by atoms with Gasteiger partial charge in [0.05, 0.1) is 0 Å². The maximum Gasteiger partial charge on any atom is 0.223 e. The molecule has 0 radical (unpaired) electrons. The fourth-order valence-corrected chi connectivity index (χ4v) is 2.62. The summed E-state index contributed by atoms with van der Waals surface area (Å²) in [5.41, 5.74) is 1.19. The van der Waals surface area contributed by atoms with Gasteiger partial charge in [0.2, 0.25) is 5.95 Å². The van der Waals surface area contributed by atoms with Crippen LogP contribution in [0.5, 0.6) is 0 Å². The molecule has 1 atom stereocenters. The van der Waals surface area contributed by atoms with E-state index in [1.54, 1.807) is 6.33 Å². The molecular formula is C14H19N5. The Morgan fingerprint density at radius 1 is 1.26 bits per heavy atom.